The van der Waals surface area contributed by atoms with Crippen molar-refractivity contribution in [2.75, 3.05) is 18.6 Å². The first kappa shape index (κ1) is 25.1. The lowest BCUT2D eigenvalue weighted by Crippen LogP contribution is -2.29. The zero-order valence-electron chi connectivity index (χ0n) is 20.2. The van der Waals surface area contributed by atoms with Gasteiger partial charge in [-0.3, -0.25) is 19.5 Å². The molecule has 1 aliphatic rings. The summed E-state index contributed by atoms with van der Waals surface area (Å²) in [5.41, 5.74) is 1.12. The number of methoxy groups -OCH3 is 1. The van der Waals surface area contributed by atoms with E-state index in [9.17, 15) is 19.5 Å². The number of carbonyl (C=O) groups is 3. The molecular formula is C26H25N3O6S. The van der Waals surface area contributed by atoms with Gasteiger partial charge in [-0.2, -0.15) is 0 Å². The number of ether oxygens (including phenoxy) is 2. The van der Waals surface area contributed by atoms with Gasteiger partial charge in [0.25, 0.3) is 5.78 Å². The quantitative estimate of drug-likeness (QED) is 0.218. The molecule has 1 aliphatic heterocycles. The maximum absolute atomic E-state index is 13.2. The first-order chi connectivity index (χ1) is 17.2. The normalized spacial score (nSPS) is 17.0. The van der Waals surface area contributed by atoms with Gasteiger partial charge in [0.1, 0.15) is 16.4 Å². The number of pyridine rings is 1. The highest BCUT2D eigenvalue weighted by Crippen LogP contribution is 2.43. The zero-order chi connectivity index (χ0) is 26.0. The predicted molar refractivity (Wildman–Crippen MR) is 134 cm³/mol. The van der Waals surface area contributed by atoms with Gasteiger partial charge in [0, 0.05) is 18.0 Å². The predicted octanol–water partition coefficient (Wildman–Crippen LogP) is 4.29. The van der Waals surface area contributed by atoms with Crippen LogP contribution in [0.25, 0.3) is 5.76 Å². The maximum Gasteiger partial charge on any atom is 0.350 e. The van der Waals surface area contributed by atoms with E-state index in [4.69, 9.17) is 9.47 Å². The summed E-state index contributed by atoms with van der Waals surface area (Å²) < 4.78 is 10.5. The molecule has 1 atom stereocenters. The van der Waals surface area contributed by atoms with Crippen LogP contribution in [0.15, 0.2) is 54.4 Å². The Bertz CT molecular complexity index is 1330. The minimum Gasteiger partial charge on any atom is -0.507 e. The van der Waals surface area contributed by atoms with Crippen LogP contribution in [-0.4, -0.2) is 46.5 Å². The number of aliphatic hydroxyl groups is 1. The van der Waals surface area contributed by atoms with Crippen LogP contribution < -0.4 is 9.64 Å². The van der Waals surface area contributed by atoms with Gasteiger partial charge >= 0.3 is 11.9 Å². The lowest BCUT2D eigenvalue weighted by atomic mass is 9.96. The van der Waals surface area contributed by atoms with Crippen LogP contribution in [0.1, 0.15) is 46.4 Å². The number of aliphatic hydroxyl groups excluding tert-OH is 1. The smallest absolute Gasteiger partial charge is 0.350 e. The van der Waals surface area contributed by atoms with E-state index in [1.54, 1.807) is 49.5 Å². The van der Waals surface area contributed by atoms with Crippen LogP contribution in [0.4, 0.5) is 5.13 Å². The van der Waals surface area contributed by atoms with Crippen LogP contribution in [0, 0.1) is 12.8 Å². The molecule has 1 saturated heterocycles. The van der Waals surface area contributed by atoms with Gasteiger partial charge in [0.2, 0.25) is 0 Å². The molecule has 1 N–H and O–H groups in total. The number of esters is 1. The number of ketones is 1. The fraction of sp³-hybridized carbons (Fsp3) is 0.269. The van der Waals surface area contributed by atoms with Gasteiger partial charge in [-0.05, 0) is 48.7 Å². The maximum atomic E-state index is 13.2. The molecule has 1 fully saturated rings. The van der Waals surface area contributed by atoms with Crippen LogP contribution in [0.2, 0.25) is 0 Å². The Kier molecular flexibility index (Phi) is 7.16. The van der Waals surface area contributed by atoms with Gasteiger partial charge < -0.3 is 14.6 Å². The minimum atomic E-state index is -0.994. The number of hydrogen-bond acceptors (Lipinski definition) is 9. The third-order valence-corrected chi connectivity index (χ3v) is 6.65. The van der Waals surface area contributed by atoms with Crippen molar-refractivity contribution in [3.63, 3.8) is 0 Å². The molecule has 3 aromatic rings. The van der Waals surface area contributed by atoms with E-state index in [0.717, 1.165) is 11.3 Å². The average molecular weight is 508 g/mol. The highest BCUT2D eigenvalue weighted by Gasteiger charge is 2.48. The number of hydrogen-bond donors (Lipinski definition) is 1. The second kappa shape index (κ2) is 10.3. The standard InChI is InChI=1S/C26H25N3O6S/c1-14(2)13-35-18-9-7-16(8-10-18)21(30)19-20(17-6-5-11-27-12-17)29(24(32)22(19)31)26-28-15(3)23(36-26)25(33)34-4/h5-12,14,20,30H,13H2,1-4H3/b21-19+/t20-/m1/s1. The Morgan fingerprint density at radius 1 is 1.19 bits per heavy atom. The monoisotopic (exact) mass is 507 g/mol. The Balaban J connectivity index is 1.81. The topological polar surface area (TPSA) is 119 Å². The summed E-state index contributed by atoms with van der Waals surface area (Å²) in [7, 11) is 1.25. The molecule has 9 nitrogen and oxygen atoms in total. The molecule has 0 radical (unpaired) electrons. The van der Waals surface area contributed by atoms with Gasteiger partial charge in [-0.15, -0.1) is 0 Å². The molecule has 1 amide bonds. The lowest BCUT2D eigenvalue weighted by molar-refractivity contribution is -0.132. The van der Waals surface area contributed by atoms with E-state index >= 15 is 0 Å². The summed E-state index contributed by atoms with van der Waals surface area (Å²) in [5.74, 6) is -1.69. The number of Topliss-reactive ketones (excluding diaryl/α,β-unsaturated/α-hetero) is 1. The second-order valence-corrected chi connectivity index (χ2v) is 9.56. The summed E-state index contributed by atoms with van der Waals surface area (Å²) in [4.78, 5) is 48.5. The molecule has 1 aromatic carbocycles. The fourth-order valence-corrected chi connectivity index (χ4v) is 4.79. The van der Waals surface area contributed by atoms with Crippen LogP contribution >= 0.6 is 11.3 Å². The van der Waals surface area contributed by atoms with Crippen molar-refractivity contribution in [3.05, 3.63) is 76.1 Å². The summed E-state index contributed by atoms with van der Waals surface area (Å²) in [5, 5.41) is 11.4. The molecule has 36 heavy (non-hydrogen) atoms. The summed E-state index contributed by atoms with van der Waals surface area (Å²) in [6, 6.07) is 9.02. The number of amides is 1. The van der Waals surface area contributed by atoms with E-state index in [2.05, 4.69) is 9.97 Å². The summed E-state index contributed by atoms with van der Waals surface area (Å²) >= 11 is 0.939. The first-order valence-electron chi connectivity index (χ1n) is 11.2. The van der Waals surface area contributed by atoms with Gasteiger partial charge in [-0.1, -0.05) is 31.3 Å². The number of rotatable bonds is 7. The number of carbonyl (C=O) groups excluding carboxylic acids is 3. The Hall–Kier alpha value is -4.05. The van der Waals surface area contributed by atoms with Crippen molar-refractivity contribution < 1.29 is 29.0 Å². The van der Waals surface area contributed by atoms with Crippen molar-refractivity contribution in [2.45, 2.75) is 26.8 Å². The van der Waals surface area contributed by atoms with Crippen molar-refractivity contribution in [1.29, 1.82) is 0 Å². The number of aromatic nitrogens is 2. The Morgan fingerprint density at radius 2 is 1.92 bits per heavy atom. The molecule has 0 spiro atoms. The average Bonchev–Trinajstić information content (AvgIpc) is 3.39. The van der Waals surface area contributed by atoms with Crippen molar-refractivity contribution in [3.8, 4) is 5.75 Å². The molecule has 3 heterocycles. The van der Waals surface area contributed by atoms with Crippen LogP contribution in [-0.2, 0) is 14.3 Å². The van der Waals surface area contributed by atoms with E-state index < -0.39 is 23.7 Å². The molecule has 0 bridgehead atoms. The molecule has 4 rings (SSSR count). The SMILES string of the molecule is COC(=O)c1sc(N2C(=O)C(=O)/C(=C(/O)c3ccc(OCC(C)C)cc3)[C@H]2c2cccnc2)nc1C. The molecule has 0 aliphatic carbocycles. The molecule has 0 unspecified atom stereocenters. The lowest BCUT2D eigenvalue weighted by Gasteiger charge is -2.22. The van der Waals surface area contributed by atoms with E-state index in [-0.39, 0.29) is 21.3 Å². The summed E-state index contributed by atoms with van der Waals surface area (Å²) in [6.07, 6.45) is 3.08. The Labute approximate surface area is 212 Å². The number of anilines is 1. The molecule has 186 valence electrons. The number of aryl methyl sites for hydroxylation is 1. The van der Waals surface area contributed by atoms with Crippen molar-refractivity contribution in [2.24, 2.45) is 5.92 Å². The van der Waals surface area contributed by atoms with E-state index in [1.807, 2.05) is 13.8 Å². The Morgan fingerprint density at radius 3 is 2.53 bits per heavy atom. The third kappa shape index (κ3) is 4.72. The first-order valence-corrected chi connectivity index (χ1v) is 12.0. The molecule has 0 saturated carbocycles. The van der Waals surface area contributed by atoms with Crippen LogP contribution in [0.3, 0.4) is 0 Å². The highest BCUT2D eigenvalue weighted by atomic mass is 32.1. The highest BCUT2D eigenvalue weighted by molar-refractivity contribution is 7.17. The largest absolute Gasteiger partial charge is 0.507 e. The summed E-state index contributed by atoms with van der Waals surface area (Å²) in [6.45, 7) is 6.23. The second-order valence-electron chi connectivity index (χ2n) is 8.59. The molecule has 10 heteroatoms. The van der Waals surface area contributed by atoms with Gasteiger partial charge in [0.05, 0.1) is 31.0 Å². The van der Waals surface area contributed by atoms with E-state index in [0.29, 0.717) is 35.1 Å². The number of nitrogens with zero attached hydrogens (tertiary/aromatic N) is 3. The van der Waals surface area contributed by atoms with E-state index in [1.165, 1.54) is 18.2 Å². The zero-order valence-corrected chi connectivity index (χ0v) is 21.0. The fourth-order valence-electron chi connectivity index (χ4n) is 3.78. The number of thiazole rings is 1. The van der Waals surface area contributed by atoms with Crippen molar-refractivity contribution >= 4 is 39.9 Å². The third-order valence-electron chi connectivity index (χ3n) is 5.52. The van der Waals surface area contributed by atoms with Crippen LogP contribution in [0.5, 0.6) is 5.75 Å². The molecular weight excluding hydrogens is 482 g/mol. The van der Waals surface area contributed by atoms with Gasteiger partial charge in [-0.25, -0.2) is 9.78 Å². The minimum absolute atomic E-state index is 0.101. The van der Waals surface area contributed by atoms with Gasteiger partial charge in [0.15, 0.2) is 5.13 Å². The van der Waals surface area contributed by atoms with Crippen molar-refractivity contribution in [1.82, 2.24) is 9.97 Å². The number of benzene rings is 1. The molecule has 2 aromatic heterocycles.